The van der Waals surface area contributed by atoms with Crippen LogP contribution in [0.4, 0.5) is 5.69 Å². The van der Waals surface area contributed by atoms with E-state index < -0.39 is 0 Å². The summed E-state index contributed by atoms with van der Waals surface area (Å²) in [6, 6.07) is 21.3. The second-order valence-electron chi connectivity index (χ2n) is 6.21. The van der Waals surface area contributed by atoms with Crippen molar-refractivity contribution in [3.63, 3.8) is 0 Å². The zero-order chi connectivity index (χ0) is 19.9. The van der Waals surface area contributed by atoms with E-state index in [2.05, 4.69) is 5.32 Å². The van der Waals surface area contributed by atoms with Crippen LogP contribution in [0.5, 0.6) is 11.5 Å². The van der Waals surface area contributed by atoms with Crippen molar-refractivity contribution in [3.8, 4) is 11.5 Å². The van der Waals surface area contributed by atoms with Gasteiger partial charge in [0, 0.05) is 23.2 Å². The molecule has 0 atom stereocenters. The summed E-state index contributed by atoms with van der Waals surface area (Å²) >= 11 is 0. The molecule has 28 heavy (non-hydrogen) atoms. The molecule has 0 aromatic heterocycles. The van der Waals surface area contributed by atoms with Crippen molar-refractivity contribution in [2.45, 2.75) is 6.42 Å². The standard InChI is InChI=1S/C23H21NO4/c1-27-20-7-3-5-17(14-20)22(25)13-16-9-11-19(12-10-16)24-23(26)18-6-4-8-21(15-18)28-2/h3-12,14-15H,13H2,1-2H3,(H,24,26). The lowest BCUT2D eigenvalue weighted by Crippen LogP contribution is -2.12. The molecule has 0 radical (unpaired) electrons. The smallest absolute Gasteiger partial charge is 0.255 e. The summed E-state index contributed by atoms with van der Waals surface area (Å²) in [6.07, 6.45) is 0.275. The van der Waals surface area contributed by atoms with Gasteiger partial charge in [0.05, 0.1) is 14.2 Å². The van der Waals surface area contributed by atoms with Crippen LogP contribution in [0.15, 0.2) is 72.8 Å². The number of carbonyl (C=O) groups is 2. The molecule has 3 aromatic rings. The predicted molar refractivity (Wildman–Crippen MR) is 108 cm³/mol. The minimum Gasteiger partial charge on any atom is -0.497 e. The first-order valence-corrected chi connectivity index (χ1v) is 8.80. The van der Waals surface area contributed by atoms with Gasteiger partial charge in [-0.1, -0.05) is 30.3 Å². The third-order valence-electron chi connectivity index (χ3n) is 4.30. The van der Waals surface area contributed by atoms with Gasteiger partial charge in [-0.3, -0.25) is 9.59 Å². The van der Waals surface area contributed by atoms with Gasteiger partial charge in [-0.05, 0) is 48.0 Å². The Morgan fingerprint density at radius 1 is 0.786 bits per heavy atom. The van der Waals surface area contributed by atoms with Crippen LogP contribution in [0.3, 0.4) is 0 Å². The summed E-state index contributed by atoms with van der Waals surface area (Å²) in [5.74, 6) is 1.06. The quantitative estimate of drug-likeness (QED) is 0.623. The number of ketones is 1. The van der Waals surface area contributed by atoms with Gasteiger partial charge in [0.15, 0.2) is 5.78 Å². The molecule has 3 aromatic carbocycles. The highest BCUT2D eigenvalue weighted by atomic mass is 16.5. The van der Waals surface area contributed by atoms with Crippen LogP contribution < -0.4 is 14.8 Å². The average molecular weight is 375 g/mol. The van der Waals surface area contributed by atoms with Gasteiger partial charge < -0.3 is 14.8 Å². The van der Waals surface area contributed by atoms with Crippen molar-refractivity contribution in [2.24, 2.45) is 0 Å². The number of Topliss-reactive ketones (excluding diaryl/α,β-unsaturated/α-hetero) is 1. The number of methoxy groups -OCH3 is 2. The van der Waals surface area contributed by atoms with Crippen molar-refractivity contribution in [1.29, 1.82) is 0 Å². The van der Waals surface area contributed by atoms with Crippen LogP contribution >= 0.6 is 0 Å². The topological polar surface area (TPSA) is 64.6 Å². The molecule has 0 heterocycles. The average Bonchev–Trinajstić information content (AvgIpc) is 2.75. The summed E-state index contributed by atoms with van der Waals surface area (Å²) in [4.78, 5) is 24.8. The van der Waals surface area contributed by atoms with E-state index in [1.165, 1.54) is 0 Å². The molecule has 1 amide bonds. The molecule has 0 aliphatic rings. The molecule has 0 aliphatic heterocycles. The van der Waals surface area contributed by atoms with Crippen molar-refractivity contribution in [2.75, 3.05) is 19.5 Å². The molecule has 3 rings (SSSR count). The number of anilines is 1. The number of carbonyl (C=O) groups excluding carboxylic acids is 2. The van der Waals surface area contributed by atoms with E-state index in [-0.39, 0.29) is 18.1 Å². The largest absolute Gasteiger partial charge is 0.497 e. The molecule has 5 heteroatoms. The minimum atomic E-state index is -0.223. The number of hydrogen-bond acceptors (Lipinski definition) is 4. The Labute approximate surface area is 163 Å². The fourth-order valence-electron chi connectivity index (χ4n) is 2.76. The van der Waals surface area contributed by atoms with E-state index in [0.717, 1.165) is 5.56 Å². The molecule has 0 bridgehead atoms. The first kappa shape index (κ1) is 19.2. The van der Waals surface area contributed by atoms with Gasteiger partial charge in [0.25, 0.3) is 5.91 Å². The molecule has 5 nitrogen and oxygen atoms in total. The van der Waals surface area contributed by atoms with Gasteiger partial charge in [0.1, 0.15) is 11.5 Å². The Hall–Kier alpha value is -3.60. The lowest BCUT2D eigenvalue weighted by molar-refractivity contribution is 0.0990. The van der Waals surface area contributed by atoms with Crippen LogP contribution in [0, 0.1) is 0 Å². The van der Waals surface area contributed by atoms with Crippen LogP contribution in [0.1, 0.15) is 26.3 Å². The number of rotatable bonds is 7. The molecule has 0 saturated heterocycles. The second kappa shape index (κ2) is 8.86. The summed E-state index contributed by atoms with van der Waals surface area (Å²) in [5, 5.41) is 2.84. The number of benzene rings is 3. The monoisotopic (exact) mass is 375 g/mol. The lowest BCUT2D eigenvalue weighted by Gasteiger charge is -2.08. The summed E-state index contributed by atoms with van der Waals surface area (Å²) in [6.45, 7) is 0. The second-order valence-corrected chi connectivity index (χ2v) is 6.21. The first-order chi connectivity index (χ1) is 13.6. The number of amides is 1. The van der Waals surface area contributed by atoms with Gasteiger partial charge in [0.2, 0.25) is 0 Å². The number of nitrogens with one attached hydrogen (secondary N) is 1. The highest BCUT2D eigenvalue weighted by molar-refractivity contribution is 6.04. The van der Waals surface area contributed by atoms with E-state index in [4.69, 9.17) is 9.47 Å². The van der Waals surface area contributed by atoms with Crippen molar-refractivity contribution < 1.29 is 19.1 Å². The normalized spacial score (nSPS) is 10.2. The summed E-state index contributed by atoms with van der Waals surface area (Å²) in [5.41, 5.74) is 2.64. The van der Waals surface area contributed by atoms with Crippen molar-refractivity contribution in [1.82, 2.24) is 0 Å². The van der Waals surface area contributed by atoms with E-state index in [1.54, 1.807) is 74.9 Å². The maximum atomic E-state index is 12.5. The van der Waals surface area contributed by atoms with E-state index >= 15 is 0 Å². The summed E-state index contributed by atoms with van der Waals surface area (Å²) in [7, 11) is 3.13. The molecule has 0 aliphatic carbocycles. The fraction of sp³-hybridized carbons (Fsp3) is 0.130. The van der Waals surface area contributed by atoms with Crippen LogP contribution in [0.2, 0.25) is 0 Å². The highest BCUT2D eigenvalue weighted by Gasteiger charge is 2.10. The molecule has 0 spiro atoms. The molecule has 0 unspecified atom stereocenters. The molecule has 142 valence electrons. The van der Waals surface area contributed by atoms with Gasteiger partial charge >= 0.3 is 0 Å². The molecule has 0 fully saturated rings. The Kier molecular flexibility index (Phi) is 6.07. The molecular formula is C23H21NO4. The Bertz CT molecular complexity index is 899. The molecule has 0 saturated carbocycles. The first-order valence-electron chi connectivity index (χ1n) is 8.80. The zero-order valence-corrected chi connectivity index (χ0v) is 15.8. The Balaban J connectivity index is 1.64. The van der Waals surface area contributed by atoms with Crippen LogP contribution in [-0.4, -0.2) is 25.9 Å². The van der Waals surface area contributed by atoms with Crippen LogP contribution in [0.25, 0.3) is 0 Å². The van der Waals surface area contributed by atoms with Gasteiger partial charge in [-0.25, -0.2) is 0 Å². The van der Waals surface area contributed by atoms with E-state index in [9.17, 15) is 9.59 Å². The van der Waals surface area contributed by atoms with E-state index in [1.807, 2.05) is 12.1 Å². The maximum Gasteiger partial charge on any atom is 0.255 e. The predicted octanol–water partition coefficient (Wildman–Crippen LogP) is 4.38. The van der Waals surface area contributed by atoms with Gasteiger partial charge in [-0.15, -0.1) is 0 Å². The fourth-order valence-corrected chi connectivity index (χ4v) is 2.76. The lowest BCUT2D eigenvalue weighted by atomic mass is 10.0. The Morgan fingerprint density at radius 3 is 1.96 bits per heavy atom. The minimum absolute atomic E-state index is 0.00654. The maximum absolute atomic E-state index is 12.5. The summed E-state index contributed by atoms with van der Waals surface area (Å²) < 4.78 is 10.3. The van der Waals surface area contributed by atoms with Crippen molar-refractivity contribution in [3.05, 3.63) is 89.5 Å². The van der Waals surface area contributed by atoms with E-state index in [0.29, 0.717) is 28.3 Å². The zero-order valence-electron chi connectivity index (χ0n) is 15.8. The number of hydrogen-bond donors (Lipinski definition) is 1. The van der Waals surface area contributed by atoms with Gasteiger partial charge in [-0.2, -0.15) is 0 Å². The number of ether oxygens (including phenoxy) is 2. The SMILES string of the molecule is COc1cccc(C(=O)Cc2ccc(NC(=O)c3cccc(OC)c3)cc2)c1. The molecule has 1 N–H and O–H groups in total. The highest BCUT2D eigenvalue weighted by Crippen LogP contribution is 2.18. The Morgan fingerprint density at radius 2 is 1.36 bits per heavy atom. The molecular weight excluding hydrogens is 354 g/mol. The third kappa shape index (κ3) is 4.76. The van der Waals surface area contributed by atoms with Crippen LogP contribution in [-0.2, 0) is 6.42 Å². The third-order valence-corrected chi connectivity index (χ3v) is 4.30. The van der Waals surface area contributed by atoms with Crippen molar-refractivity contribution >= 4 is 17.4 Å².